The van der Waals surface area contributed by atoms with Crippen LogP contribution in [0.4, 0.5) is 0 Å². The van der Waals surface area contributed by atoms with Crippen molar-refractivity contribution in [2.45, 2.75) is 19.0 Å². The van der Waals surface area contributed by atoms with Gasteiger partial charge in [-0.3, -0.25) is 4.79 Å². The minimum atomic E-state index is -0.597. The van der Waals surface area contributed by atoms with Gasteiger partial charge in [0.2, 0.25) is 5.91 Å². The number of nitrogens with one attached hydrogen (secondary N) is 1. The molecule has 0 aliphatic heterocycles. The summed E-state index contributed by atoms with van der Waals surface area (Å²) in [5, 5.41) is 12.0. The normalized spacial score (nSPS) is 12.1. The van der Waals surface area contributed by atoms with Crippen molar-refractivity contribution in [1.82, 2.24) is 9.88 Å². The number of rotatable bonds is 5. The summed E-state index contributed by atoms with van der Waals surface area (Å²) >= 11 is 0. The van der Waals surface area contributed by atoms with Gasteiger partial charge in [-0.25, -0.2) is 0 Å². The number of amides is 1. The Kier molecular flexibility index (Phi) is 4.42. The molecule has 2 rings (SSSR count). The van der Waals surface area contributed by atoms with E-state index in [9.17, 15) is 9.90 Å². The van der Waals surface area contributed by atoms with Gasteiger partial charge in [-0.1, -0.05) is 12.1 Å². The molecule has 4 N–H and O–H groups in total. The monoisotopic (exact) mass is 273 g/mol. The number of carbonyl (C=O) groups excluding carboxylic acids is 1. The van der Waals surface area contributed by atoms with Crippen molar-refractivity contribution in [2.24, 2.45) is 12.8 Å². The topological polar surface area (TPSA) is 80.3 Å². The highest BCUT2D eigenvalue weighted by atomic mass is 16.3. The first kappa shape index (κ1) is 14.1. The summed E-state index contributed by atoms with van der Waals surface area (Å²) in [5.74, 6) is 0.0229. The van der Waals surface area contributed by atoms with Gasteiger partial charge in [-0.05, 0) is 36.2 Å². The summed E-state index contributed by atoms with van der Waals surface area (Å²) < 4.78 is 1.95. The number of hydrogen-bond donors (Lipinski definition) is 3. The molecule has 106 valence electrons. The molecular weight excluding hydrogens is 254 g/mol. The number of aromatic nitrogens is 1. The molecule has 5 nitrogen and oxygen atoms in total. The van der Waals surface area contributed by atoms with Gasteiger partial charge in [0.25, 0.3) is 0 Å². The highest BCUT2D eigenvalue weighted by molar-refractivity contribution is 5.81. The third kappa shape index (κ3) is 3.61. The predicted molar refractivity (Wildman–Crippen MR) is 77.0 cm³/mol. The summed E-state index contributed by atoms with van der Waals surface area (Å²) in [6.07, 6.45) is 2.37. The molecule has 1 heterocycles. The van der Waals surface area contributed by atoms with Crippen LogP contribution in [0.1, 0.15) is 11.3 Å². The van der Waals surface area contributed by atoms with Gasteiger partial charge in [0.05, 0.1) is 12.6 Å². The van der Waals surface area contributed by atoms with Gasteiger partial charge in [0, 0.05) is 18.9 Å². The van der Waals surface area contributed by atoms with Crippen LogP contribution < -0.4 is 11.1 Å². The van der Waals surface area contributed by atoms with Crippen LogP contribution in [0.3, 0.4) is 0 Å². The fraction of sp³-hybridized carbons (Fsp3) is 0.267. The van der Waals surface area contributed by atoms with Crippen LogP contribution >= 0.6 is 0 Å². The molecule has 1 amide bonds. The molecule has 1 aromatic heterocycles. The fourth-order valence-electron chi connectivity index (χ4n) is 1.97. The molecule has 20 heavy (non-hydrogen) atoms. The first-order valence-electron chi connectivity index (χ1n) is 6.47. The minimum Gasteiger partial charge on any atom is -0.508 e. The molecule has 0 bridgehead atoms. The number of aryl methyl sites for hydroxylation is 1. The zero-order valence-electron chi connectivity index (χ0n) is 11.4. The Morgan fingerprint density at radius 3 is 2.65 bits per heavy atom. The average molecular weight is 273 g/mol. The molecule has 5 heteroatoms. The molecule has 0 aliphatic rings. The second kappa shape index (κ2) is 6.25. The van der Waals surface area contributed by atoms with Gasteiger partial charge < -0.3 is 20.7 Å². The lowest BCUT2D eigenvalue weighted by atomic mass is 10.1. The van der Waals surface area contributed by atoms with E-state index in [1.807, 2.05) is 29.9 Å². The number of benzene rings is 1. The van der Waals surface area contributed by atoms with E-state index in [4.69, 9.17) is 5.73 Å². The Labute approximate surface area is 118 Å². The minimum absolute atomic E-state index is 0.181. The summed E-state index contributed by atoms with van der Waals surface area (Å²) in [6.45, 7) is 0.464. The molecule has 1 atom stereocenters. The maximum Gasteiger partial charge on any atom is 0.237 e. The number of hydrogen-bond acceptors (Lipinski definition) is 3. The predicted octanol–water partition coefficient (Wildman–Crippen LogP) is 0.917. The Balaban J connectivity index is 1.86. The first-order valence-corrected chi connectivity index (χ1v) is 6.47. The molecule has 1 unspecified atom stereocenters. The lowest BCUT2D eigenvalue weighted by Crippen LogP contribution is -2.41. The molecule has 0 radical (unpaired) electrons. The Morgan fingerprint density at radius 2 is 2.05 bits per heavy atom. The molecule has 0 fully saturated rings. The van der Waals surface area contributed by atoms with E-state index in [0.29, 0.717) is 13.0 Å². The second-order valence-electron chi connectivity index (χ2n) is 4.81. The van der Waals surface area contributed by atoms with Crippen LogP contribution in [0, 0.1) is 0 Å². The van der Waals surface area contributed by atoms with Crippen LogP contribution in [0.15, 0.2) is 42.6 Å². The van der Waals surface area contributed by atoms with E-state index in [0.717, 1.165) is 11.3 Å². The van der Waals surface area contributed by atoms with Crippen molar-refractivity contribution in [3.05, 3.63) is 53.9 Å². The maximum atomic E-state index is 11.9. The Hall–Kier alpha value is -2.27. The summed E-state index contributed by atoms with van der Waals surface area (Å²) in [7, 11) is 1.93. The number of phenolic OH excluding ortho intramolecular Hbond substituents is 1. The standard InChI is InChI=1S/C15H19N3O2/c1-18-8-2-3-12(18)10-17-15(20)14(16)9-11-4-6-13(19)7-5-11/h2-8,14,19H,9-10,16H2,1H3,(H,17,20). The number of phenols is 1. The van der Waals surface area contributed by atoms with Crippen LogP contribution in [-0.2, 0) is 24.8 Å². The van der Waals surface area contributed by atoms with Crippen molar-refractivity contribution in [1.29, 1.82) is 0 Å². The quantitative estimate of drug-likeness (QED) is 0.757. The van der Waals surface area contributed by atoms with Crippen LogP contribution in [0.5, 0.6) is 5.75 Å². The van der Waals surface area contributed by atoms with Crippen LogP contribution in [0.25, 0.3) is 0 Å². The molecule has 0 spiro atoms. The van der Waals surface area contributed by atoms with Crippen molar-refractivity contribution in [3.63, 3.8) is 0 Å². The van der Waals surface area contributed by atoms with Crippen molar-refractivity contribution in [2.75, 3.05) is 0 Å². The molecule has 2 aromatic rings. The highest BCUT2D eigenvalue weighted by Gasteiger charge is 2.14. The smallest absolute Gasteiger partial charge is 0.237 e. The van der Waals surface area contributed by atoms with Crippen molar-refractivity contribution >= 4 is 5.91 Å². The van der Waals surface area contributed by atoms with Gasteiger partial charge >= 0.3 is 0 Å². The maximum absolute atomic E-state index is 11.9. The van der Waals surface area contributed by atoms with Crippen LogP contribution in [-0.4, -0.2) is 21.6 Å². The SMILES string of the molecule is Cn1cccc1CNC(=O)C(N)Cc1ccc(O)cc1. The van der Waals surface area contributed by atoms with E-state index < -0.39 is 6.04 Å². The van der Waals surface area contributed by atoms with E-state index in [1.54, 1.807) is 24.3 Å². The number of nitrogens with zero attached hydrogens (tertiary/aromatic N) is 1. The van der Waals surface area contributed by atoms with Crippen molar-refractivity contribution < 1.29 is 9.90 Å². The van der Waals surface area contributed by atoms with Crippen molar-refractivity contribution in [3.8, 4) is 5.75 Å². The van der Waals surface area contributed by atoms with E-state index in [-0.39, 0.29) is 11.7 Å². The molecule has 0 aliphatic carbocycles. The number of carbonyl (C=O) groups is 1. The van der Waals surface area contributed by atoms with Crippen LogP contribution in [0.2, 0.25) is 0 Å². The molecular formula is C15H19N3O2. The van der Waals surface area contributed by atoms with E-state index in [1.165, 1.54) is 0 Å². The summed E-state index contributed by atoms with van der Waals surface area (Å²) in [5.41, 5.74) is 7.83. The number of aromatic hydroxyl groups is 1. The fourth-order valence-corrected chi connectivity index (χ4v) is 1.97. The Morgan fingerprint density at radius 1 is 1.35 bits per heavy atom. The molecule has 0 saturated carbocycles. The molecule has 0 saturated heterocycles. The Bertz CT molecular complexity index is 575. The third-order valence-corrected chi connectivity index (χ3v) is 3.22. The first-order chi connectivity index (χ1) is 9.56. The average Bonchev–Trinajstić information content (AvgIpc) is 2.84. The lowest BCUT2D eigenvalue weighted by Gasteiger charge is -2.13. The van der Waals surface area contributed by atoms with E-state index >= 15 is 0 Å². The third-order valence-electron chi connectivity index (χ3n) is 3.22. The summed E-state index contributed by atoms with van der Waals surface area (Å²) in [4.78, 5) is 11.9. The largest absolute Gasteiger partial charge is 0.508 e. The molecule has 1 aromatic carbocycles. The number of nitrogens with two attached hydrogens (primary N) is 1. The summed E-state index contributed by atoms with van der Waals surface area (Å²) in [6, 6.07) is 9.98. The van der Waals surface area contributed by atoms with Gasteiger partial charge in [0.1, 0.15) is 5.75 Å². The highest BCUT2D eigenvalue weighted by Crippen LogP contribution is 2.11. The van der Waals surface area contributed by atoms with E-state index in [2.05, 4.69) is 5.32 Å². The van der Waals surface area contributed by atoms with Gasteiger partial charge in [0.15, 0.2) is 0 Å². The van der Waals surface area contributed by atoms with Gasteiger partial charge in [-0.2, -0.15) is 0 Å². The lowest BCUT2D eigenvalue weighted by molar-refractivity contribution is -0.122. The second-order valence-corrected chi connectivity index (χ2v) is 4.81. The zero-order chi connectivity index (χ0) is 14.5. The zero-order valence-corrected chi connectivity index (χ0v) is 11.4. The van der Waals surface area contributed by atoms with Gasteiger partial charge in [-0.15, -0.1) is 0 Å².